The molecule has 0 radical (unpaired) electrons. The zero-order valence-electron chi connectivity index (χ0n) is 10.3. The standard InChI is InChI=1S/C13H22N2S/c1-3-12-5-8-16-13(12)10-15-7-4-6-14-11(2)9-15/h5,8,11,14H,3-4,6-7,9-10H2,1-2H3. The van der Waals surface area contributed by atoms with Crippen LogP contribution in [0.3, 0.4) is 0 Å². The number of thiophene rings is 1. The van der Waals surface area contributed by atoms with Crippen LogP contribution in [0.5, 0.6) is 0 Å². The normalized spacial score (nSPS) is 23.2. The van der Waals surface area contributed by atoms with Gasteiger partial charge in [-0.05, 0) is 49.9 Å². The third-order valence-corrected chi connectivity index (χ3v) is 4.21. The highest BCUT2D eigenvalue weighted by molar-refractivity contribution is 7.10. The maximum absolute atomic E-state index is 3.54. The number of nitrogens with one attached hydrogen (secondary N) is 1. The van der Waals surface area contributed by atoms with Crippen LogP contribution in [0.1, 0.15) is 30.7 Å². The minimum absolute atomic E-state index is 0.632. The summed E-state index contributed by atoms with van der Waals surface area (Å²) in [6.45, 7) is 9.26. The van der Waals surface area contributed by atoms with Gasteiger partial charge >= 0.3 is 0 Å². The van der Waals surface area contributed by atoms with Gasteiger partial charge in [0.15, 0.2) is 0 Å². The monoisotopic (exact) mass is 238 g/mol. The van der Waals surface area contributed by atoms with Crippen LogP contribution in [0.2, 0.25) is 0 Å². The van der Waals surface area contributed by atoms with Crippen LogP contribution < -0.4 is 5.32 Å². The van der Waals surface area contributed by atoms with Crippen molar-refractivity contribution in [3.8, 4) is 0 Å². The summed E-state index contributed by atoms with van der Waals surface area (Å²) in [6.07, 6.45) is 2.44. The van der Waals surface area contributed by atoms with E-state index in [1.807, 2.05) is 11.3 Å². The molecule has 0 amide bonds. The van der Waals surface area contributed by atoms with Crippen LogP contribution in [-0.2, 0) is 13.0 Å². The molecular formula is C13H22N2S. The molecule has 1 unspecified atom stereocenters. The van der Waals surface area contributed by atoms with Gasteiger partial charge in [0.1, 0.15) is 0 Å². The van der Waals surface area contributed by atoms with Crippen LogP contribution >= 0.6 is 11.3 Å². The Morgan fingerprint density at radius 2 is 2.44 bits per heavy atom. The molecule has 1 saturated heterocycles. The van der Waals surface area contributed by atoms with Gasteiger partial charge in [0.2, 0.25) is 0 Å². The topological polar surface area (TPSA) is 15.3 Å². The van der Waals surface area contributed by atoms with E-state index in [0.29, 0.717) is 6.04 Å². The van der Waals surface area contributed by atoms with Gasteiger partial charge in [0.05, 0.1) is 0 Å². The van der Waals surface area contributed by atoms with E-state index in [-0.39, 0.29) is 0 Å². The first-order chi connectivity index (χ1) is 7.79. The Kier molecular flexibility index (Phi) is 4.38. The van der Waals surface area contributed by atoms with Gasteiger partial charge in [0.25, 0.3) is 0 Å². The number of aryl methyl sites for hydroxylation is 1. The summed E-state index contributed by atoms with van der Waals surface area (Å²) < 4.78 is 0. The van der Waals surface area contributed by atoms with Crippen molar-refractivity contribution >= 4 is 11.3 Å². The zero-order chi connectivity index (χ0) is 11.4. The largest absolute Gasteiger partial charge is 0.313 e. The van der Waals surface area contributed by atoms with Crippen molar-refractivity contribution in [3.05, 3.63) is 21.9 Å². The molecule has 2 heterocycles. The van der Waals surface area contributed by atoms with E-state index < -0.39 is 0 Å². The molecule has 2 nitrogen and oxygen atoms in total. The molecule has 1 aromatic heterocycles. The molecule has 1 fully saturated rings. The molecule has 1 atom stereocenters. The second-order valence-corrected chi connectivity index (χ2v) is 5.67. The number of hydrogen-bond donors (Lipinski definition) is 1. The summed E-state index contributed by atoms with van der Waals surface area (Å²) in [7, 11) is 0. The summed E-state index contributed by atoms with van der Waals surface area (Å²) >= 11 is 1.91. The fourth-order valence-electron chi connectivity index (χ4n) is 2.36. The Morgan fingerprint density at radius 1 is 1.56 bits per heavy atom. The number of nitrogens with zero attached hydrogens (tertiary/aromatic N) is 1. The molecule has 1 N–H and O–H groups in total. The van der Waals surface area contributed by atoms with Gasteiger partial charge < -0.3 is 5.32 Å². The quantitative estimate of drug-likeness (QED) is 0.870. The fourth-order valence-corrected chi connectivity index (χ4v) is 3.38. The van der Waals surface area contributed by atoms with Crippen molar-refractivity contribution in [2.24, 2.45) is 0 Å². The third kappa shape index (κ3) is 3.06. The van der Waals surface area contributed by atoms with Crippen molar-refractivity contribution in [3.63, 3.8) is 0 Å². The van der Waals surface area contributed by atoms with Gasteiger partial charge in [-0.25, -0.2) is 0 Å². The van der Waals surface area contributed by atoms with Crippen LogP contribution in [0, 0.1) is 0 Å². The zero-order valence-corrected chi connectivity index (χ0v) is 11.1. The van der Waals surface area contributed by atoms with Crippen LogP contribution in [0.15, 0.2) is 11.4 Å². The van der Waals surface area contributed by atoms with E-state index >= 15 is 0 Å². The minimum atomic E-state index is 0.632. The highest BCUT2D eigenvalue weighted by Gasteiger charge is 2.15. The van der Waals surface area contributed by atoms with Gasteiger partial charge in [-0.2, -0.15) is 0 Å². The average molecular weight is 238 g/mol. The van der Waals surface area contributed by atoms with E-state index in [2.05, 4.69) is 35.5 Å². The van der Waals surface area contributed by atoms with Crippen molar-refractivity contribution in [2.45, 2.75) is 39.3 Å². The molecule has 1 aromatic rings. The van der Waals surface area contributed by atoms with E-state index in [1.165, 1.54) is 38.0 Å². The molecule has 90 valence electrons. The first kappa shape index (κ1) is 12.1. The second-order valence-electron chi connectivity index (χ2n) is 4.67. The van der Waals surface area contributed by atoms with Gasteiger partial charge in [0, 0.05) is 24.0 Å². The molecule has 0 saturated carbocycles. The highest BCUT2D eigenvalue weighted by Crippen LogP contribution is 2.20. The predicted molar refractivity (Wildman–Crippen MR) is 71.1 cm³/mol. The molecule has 0 aliphatic carbocycles. The summed E-state index contributed by atoms with van der Waals surface area (Å²) in [5.74, 6) is 0. The van der Waals surface area contributed by atoms with E-state index in [0.717, 1.165) is 6.54 Å². The van der Waals surface area contributed by atoms with Gasteiger partial charge in [-0.15, -0.1) is 11.3 Å². The van der Waals surface area contributed by atoms with E-state index in [1.54, 1.807) is 4.88 Å². The van der Waals surface area contributed by atoms with Crippen molar-refractivity contribution in [1.82, 2.24) is 10.2 Å². The summed E-state index contributed by atoms with van der Waals surface area (Å²) in [6, 6.07) is 2.91. The Balaban J connectivity index is 1.97. The van der Waals surface area contributed by atoms with Crippen LogP contribution in [0.4, 0.5) is 0 Å². The SMILES string of the molecule is CCc1ccsc1CN1CCCNC(C)C1. The lowest BCUT2D eigenvalue weighted by Crippen LogP contribution is -2.34. The Labute approximate surface area is 103 Å². The molecule has 2 rings (SSSR count). The fraction of sp³-hybridized carbons (Fsp3) is 0.692. The molecular weight excluding hydrogens is 216 g/mol. The lowest BCUT2D eigenvalue weighted by molar-refractivity contribution is 0.266. The lowest BCUT2D eigenvalue weighted by atomic mass is 10.2. The first-order valence-electron chi connectivity index (χ1n) is 6.30. The van der Waals surface area contributed by atoms with Crippen molar-refractivity contribution < 1.29 is 0 Å². The predicted octanol–water partition coefficient (Wildman–Crippen LogP) is 2.49. The highest BCUT2D eigenvalue weighted by atomic mass is 32.1. The van der Waals surface area contributed by atoms with Gasteiger partial charge in [-0.3, -0.25) is 4.90 Å². The van der Waals surface area contributed by atoms with E-state index in [9.17, 15) is 0 Å². The molecule has 16 heavy (non-hydrogen) atoms. The Morgan fingerprint density at radius 3 is 3.25 bits per heavy atom. The number of hydrogen-bond acceptors (Lipinski definition) is 3. The lowest BCUT2D eigenvalue weighted by Gasteiger charge is -2.22. The number of rotatable bonds is 3. The molecule has 1 aliphatic heterocycles. The summed E-state index contributed by atoms with van der Waals surface area (Å²) in [4.78, 5) is 4.16. The molecule has 3 heteroatoms. The van der Waals surface area contributed by atoms with E-state index in [4.69, 9.17) is 0 Å². The molecule has 0 spiro atoms. The minimum Gasteiger partial charge on any atom is -0.313 e. The smallest absolute Gasteiger partial charge is 0.0331 e. The Hall–Kier alpha value is -0.380. The second kappa shape index (κ2) is 5.80. The maximum atomic E-state index is 3.54. The molecule has 1 aliphatic rings. The van der Waals surface area contributed by atoms with Gasteiger partial charge in [-0.1, -0.05) is 6.92 Å². The molecule has 0 aromatic carbocycles. The van der Waals surface area contributed by atoms with Crippen molar-refractivity contribution in [2.75, 3.05) is 19.6 Å². The first-order valence-corrected chi connectivity index (χ1v) is 7.18. The Bertz CT molecular complexity index is 321. The van der Waals surface area contributed by atoms with Crippen molar-refractivity contribution in [1.29, 1.82) is 0 Å². The average Bonchev–Trinajstić information content (AvgIpc) is 2.61. The maximum Gasteiger partial charge on any atom is 0.0331 e. The van der Waals surface area contributed by atoms with Crippen LogP contribution in [0.25, 0.3) is 0 Å². The molecule has 0 bridgehead atoms. The summed E-state index contributed by atoms with van der Waals surface area (Å²) in [5.41, 5.74) is 1.54. The third-order valence-electron chi connectivity index (χ3n) is 3.26. The summed E-state index contributed by atoms with van der Waals surface area (Å²) in [5, 5.41) is 5.77. The van der Waals surface area contributed by atoms with Crippen LogP contribution in [-0.4, -0.2) is 30.6 Å².